The fourth-order valence-electron chi connectivity index (χ4n) is 4.65. The predicted octanol–water partition coefficient (Wildman–Crippen LogP) is 6.05. The third-order valence-electron chi connectivity index (χ3n) is 6.74. The molecule has 3 aromatic rings. The van der Waals surface area contributed by atoms with Crippen molar-refractivity contribution in [2.24, 2.45) is 4.99 Å². The molecule has 5 rings (SSSR count). The summed E-state index contributed by atoms with van der Waals surface area (Å²) in [4.78, 5) is 13.7. The highest BCUT2D eigenvalue weighted by molar-refractivity contribution is 5.88. The lowest BCUT2D eigenvalue weighted by Crippen LogP contribution is -2.56. The van der Waals surface area contributed by atoms with Gasteiger partial charge in [-0.25, -0.2) is 4.98 Å². The second kappa shape index (κ2) is 12.7. The van der Waals surface area contributed by atoms with Gasteiger partial charge in [0.05, 0.1) is 24.9 Å². The maximum absolute atomic E-state index is 5.91. The van der Waals surface area contributed by atoms with Gasteiger partial charge in [-0.15, -0.1) is 0 Å². The predicted molar refractivity (Wildman–Crippen MR) is 157 cm³/mol. The number of hydrogen-bond acceptors (Lipinski definition) is 6. The Bertz CT molecular complexity index is 1210. The van der Waals surface area contributed by atoms with Crippen molar-refractivity contribution in [2.45, 2.75) is 33.2 Å². The first kappa shape index (κ1) is 26.6. The number of nitrogen functional groups attached to an aromatic ring is 1. The summed E-state index contributed by atoms with van der Waals surface area (Å²) in [5.74, 6) is 0.506. The van der Waals surface area contributed by atoms with Crippen molar-refractivity contribution in [3.05, 3.63) is 78.5 Å². The Kier molecular flexibility index (Phi) is 9.09. The molecule has 194 valence electrons. The summed E-state index contributed by atoms with van der Waals surface area (Å²) in [7, 11) is 0. The van der Waals surface area contributed by atoms with E-state index >= 15 is 0 Å². The van der Waals surface area contributed by atoms with Gasteiger partial charge in [-0.3, -0.25) is 9.89 Å². The van der Waals surface area contributed by atoms with Gasteiger partial charge in [-0.05, 0) is 65.6 Å². The van der Waals surface area contributed by atoms with E-state index in [1.54, 1.807) is 6.20 Å². The summed E-state index contributed by atoms with van der Waals surface area (Å²) in [6.45, 7) is 16.7. The normalized spacial score (nSPS) is 16.2. The standard InChI is InChI=1S/C28H31N5O.C3H8/c1-3-30-27-9-6-22(23-10-11-31-28(29)17-23)16-26(27)20(2)21-4-7-24(8-5-21)32-12-14-33(15-13-32)25-18-34-19-25;1-3-2/h3-11,16-17,25H,2,12-15,18-19H2,1H3,(H2,29,31);3H2,1-2H3. The second-order valence-electron chi connectivity index (χ2n) is 9.54. The molecule has 0 amide bonds. The van der Waals surface area contributed by atoms with Gasteiger partial charge in [0, 0.05) is 49.8 Å². The third-order valence-corrected chi connectivity index (χ3v) is 6.74. The molecule has 6 nitrogen and oxygen atoms in total. The Morgan fingerprint density at radius 1 is 1.03 bits per heavy atom. The summed E-state index contributed by atoms with van der Waals surface area (Å²) in [6, 6.07) is 19.5. The molecule has 3 heterocycles. The summed E-state index contributed by atoms with van der Waals surface area (Å²) < 4.78 is 5.35. The van der Waals surface area contributed by atoms with Crippen molar-refractivity contribution < 1.29 is 4.74 Å². The van der Waals surface area contributed by atoms with Crippen molar-refractivity contribution in [3.63, 3.8) is 0 Å². The van der Waals surface area contributed by atoms with E-state index in [0.717, 1.165) is 72.9 Å². The van der Waals surface area contributed by atoms with Crippen molar-refractivity contribution in [1.82, 2.24) is 9.88 Å². The number of hydrogen-bond donors (Lipinski definition) is 1. The molecule has 0 aliphatic carbocycles. The van der Waals surface area contributed by atoms with Gasteiger partial charge in [0.2, 0.25) is 0 Å². The molecule has 0 atom stereocenters. The molecule has 2 aromatic carbocycles. The minimum Gasteiger partial charge on any atom is -0.384 e. The molecular weight excluding hydrogens is 458 g/mol. The van der Waals surface area contributed by atoms with E-state index in [2.05, 4.69) is 76.6 Å². The number of rotatable bonds is 6. The Morgan fingerprint density at radius 2 is 1.70 bits per heavy atom. The van der Waals surface area contributed by atoms with Crippen LogP contribution in [0.15, 0.2) is 72.4 Å². The number of anilines is 2. The van der Waals surface area contributed by atoms with E-state index in [4.69, 9.17) is 10.5 Å². The van der Waals surface area contributed by atoms with Crippen LogP contribution in [0.25, 0.3) is 16.7 Å². The lowest BCUT2D eigenvalue weighted by Gasteiger charge is -2.43. The Hall–Kier alpha value is -3.48. The van der Waals surface area contributed by atoms with E-state index in [-0.39, 0.29) is 0 Å². The zero-order valence-electron chi connectivity index (χ0n) is 22.4. The molecule has 2 aliphatic heterocycles. The van der Waals surface area contributed by atoms with Gasteiger partial charge >= 0.3 is 0 Å². The number of pyridine rings is 1. The van der Waals surface area contributed by atoms with Crippen molar-refractivity contribution in [3.8, 4) is 11.1 Å². The van der Waals surface area contributed by atoms with Gasteiger partial charge < -0.3 is 15.4 Å². The van der Waals surface area contributed by atoms with Crippen molar-refractivity contribution in [1.29, 1.82) is 0 Å². The maximum Gasteiger partial charge on any atom is 0.123 e. The summed E-state index contributed by atoms with van der Waals surface area (Å²) in [6.07, 6.45) is 4.80. The van der Waals surface area contributed by atoms with Gasteiger partial charge in [-0.2, -0.15) is 0 Å². The van der Waals surface area contributed by atoms with Crippen molar-refractivity contribution in [2.75, 3.05) is 50.0 Å². The van der Waals surface area contributed by atoms with Crippen LogP contribution in [0, 0.1) is 0 Å². The Labute approximate surface area is 221 Å². The number of nitrogens with two attached hydrogens (primary N) is 1. The largest absolute Gasteiger partial charge is 0.384 e. The number of piperazine rings is 1. The van der Waals surface area contributed by atoms with Crippen LogP contribution in [0.5, 0.6) is 0 Å². The Balaban J connectivity index is 0.00000102. The molecule has 0 saturated carbocycles. The molecule has 1 aromatic heterocycles. The van der Waals surface area contributed by atoms with Crippen LogP contribution < -0.4 is 10.6 Å². The number of benzene rings is 2. The molecule has 2 N–H and O–H groups in total. The Morgan fingerprint density at radius 3 is 2.30 bits per heavy atom. The zero-order valence-corrected chi connectivity index (χ0v) is 22.4. The maximum atomic E-state index is 5.91. The van der Waals surface area contributed by atoms with Crippen molar-refractivity contribution >= 4 is 29.0 Å². The second-order valence-corrected chi connectivity index (χ2v) is 9.54. The average Bonchev–Trinajstić information content (AvgIpc) is 2.89. The fourth-order valence-corrected chi connectivity index (χ4v) is 4.65. The van der Waals surface area contributed by atoms with Gasteiger partial charge in [-0.1, -0.05) is 45.0 Å². The van der Waals surface area contributed by atoms with E-state index in [9.17, 15) is 0 Å². The van der Waals surface area contributed by atoms with Crippen LogP contribution in [0.1, 0.15) is 38.3 Å². The lowest BCUT2D eigenvalue weighted by atomic mass is 9.94. The van der Waals surface area contributed by atoms with Crippen LogP contribution >= 0.6 is 0 Å². The molecular formula is C31H39N5O. The van der Waals surface area contributed by atoms with Crippen LogP contribution in [-0.4, -0.2) is 61.5 Å². The van der Waals surface area contributed by atoms with E-state index in [1.165, 1.54) is 12.1 Å². The molecule has 37 heavy (non-hydrogen) atoms. The third kappa shape index (κ3) is 6.45. The minimum atomic E-state index is 0.506. The fraction of sp³-hybridized carbons (Fsp3) is 0.355. The van der Waals surface area contributed by atoms with Gasteiger partial charge in [0.25, 0.3) is 0 Å². The minimum absolute atomic E-state index is 0.506. The summed E-state index contributed by atoms with van der Waals surface area (Å²) in [5.41, 5.74) is 13.2. The van der Waals surface area contributed by atoms with E-state index in [1.807, 2.05) is 31.3 Å². The first-order valence-electron chi connectivity index (χ1n) is 13.2. The highest BCUT2D eigenvalue weighted by atomic mass is 16.5. The summed E-state index contributed by atoms with van der Waals surface area (Å²) in [5, 5.41) is 0. The van der Waals surface area contributed by atoms with E-state index in [0.29, 0.717) is 11.9 Å². The van der Waals surface area contributed by atoms with E-state index < -0.39 is 0 Å². The topological polar surface area (TPSA) is 67.0 Å². The summed E-state index contributed by atoms with van der Waals surface area (Å²) >= 11 is 0. The molecule has 2 saturated heterocycles. The molecule has 0 unspecified atom stereocenters. The smallest absolute Gasteiger partial charge is 0.123 e. The molecule has 2 aliphatic rings. The van der Waals surface area contributed by atoms with Crippen LogP contribution in [0.4, 0.5) is 17.2 Å². The molecule has 0 radical (unpaired) electrons. The lowest BCUT2D eigenvalue weighted by molar-refractivity contribution is -0.0660. The molecule has 0 bridgehead atoms. The highest BCUT2D eigenvalue weighted by Gasteiger charge is 2.28. The van der Waals surface area contributed by atoms with Crippen LogP contribution in [0.2, 0.25) is 0 Å². The SMILES string of the molecule is C=C(c1ccc(N2CCN(C3COC3)CC2)cc1)c1cc(-c2ccnc(N)c2)ccc1N=CC.CCC. The molecule has 0 spiro atoms. The number of ether oxygens (including phenoxy) is 1. The van der Waals surface area contributed by atoms with Gasteiger partial charge in [0.15, 0.2) is 0 Å². The zero-order chi connectivity index (χ0) is 26.2. The number of aliphatic imine (C=N–C) groups is 1. The van der Waals surface area contributed by atoms with Crippen LogP contribution in [-0.2, 0) is 4.74 Å². The first-order chi connectivity index (χ1) is 18.0. The van der Waals surface area contributed by atoms with Gasteiger partial charge in [0.1, 0.15) is 5.82 Å². The molecule has 2 fully saturated rings. The average molecular weight is 498 g/mol. The van der Waals surface area contributed by atoms with Crippen LogP contribution in [0.3, 0.4) is 0 Å². The molecule has 6 heteroatoms. The number of nitrogens with zero attached hydrogens (tertiary/aromatic N) is 4. The highest BCUT2D eigenvalue weighted by Crippen LogP contribution is 2.35. The quantitative estimate of drug-likeness (QED) is 0.420. The first-order valence-corrected chi connectivity index (χ1v) is 13.2. The monoisotopic (exact) mass is 497 g/mol. The number of aromatic nitrogens is 1.